The maximum atomic E-state index is 9.82. The van der Waals surface area contributed by atoms with E-state index in [1.54, 1.807) is 0 Å². The highest BCUT2D eigenvalue weighted by atomic mass is 79.9. The van der Waals surface area contributed by atoms with Crippen LogP contribution in [0.15, 0.2) is 0 Å². The number of hydrogen-bond acceptors (Lipinski definition) is 3. The first kappa shape index (κ1) is 9.35. The lowest BCUT2D eigenvalue weighted by atomic mass is 10.5. The first-order chi connectivity index (χ1) is 4.06. The summed E-state index contributed by atoms with van der Waals surface area (Å²) in [6, 6.07) is 0. The molecule has 56 valence electrons. The van der Waals surface area contributed by atoms with Crippen LogP contribution < -0.4 is 0 Å². The minimum atomic E-state index is -4.22. The van der Waals surface area contributed by atoms with E-state index in [4.69, 9.17) is 4.55 Å². The highest BCUT2D eigenvalue weighted by Gasteiger charge is 2.01. The third kappa shape index (κ3) is 8.35. The van der Waals surface area contributed by atoms with Crippen LogP contribution in [0.5, 0.6) is 0 Å². The van der Waals surface area contributed by atoms with E-state index in [1.165, 1.54) is 0 Å². The molecule has 0 aromatic rings. The monoisotopic (exact) mass is 218 g/mol. The number of rotatable bonds is 4. The van der Waals surface area contributed by atoms with Crippen LogP contribution in [-0.2, 0) is 14.6 Å². The van der Waals surface area contributed by atoms with Gasteiger partial charge in [-0.05, 0) is 6.42 Å². The minimum Gasteiger partial charge on any atom is -0.264 e. The Morgan fingerprint density at radius 1 is 1.56 bits per heavy atom. The topological polar surface area (TPSA) is 63.6 Å². The summed E-state index contributed by atoms with van der Waals surface area (Å²) in [7, 11) is -4.22. The zero-order chi connectivity index (χ0) is 7.33. The van der Waals surface area contributed by atoms with Crippen LogP contribution in [0.3, 0.4) is 0 Å². The van der Waals surface area contributed by atoms with Crippen LogP contribution in [-0.4, -0.2) is 24.9 Å². The van der Waals surface area contributed by atoms with Crippen LogP contribution in [0.1, 0.15) is 6.42 Å². The summed E-state index contributed by atoms with van der Waals surface area (Å²) >= 11 is 3.06. The minimum absolute atomic E-state index is 0.0179. The van der Waals surface area contributed by atoms with Gasteiger partial charge in [0.1, 0.15) is 0 Å². The Morgan fingerprint density at radius 3 is 2.44 bits per heavy atom. The Kier molecular flexibility index (Phi) is 4.37. The SMILES string of the molecule is O=S(=O)(O)OCCCBr. The van der Waals surface area contributed by atoms with Gasteiger partial charge in [-0.15, -0.1) is 0 Å². The Bertz CT molecular complexity index is 151. The largest absolute Gasteiger partial charge is 0.397 e. The van der Waals surface area contributed by atoms with Crippen molar-refractivity contribution in [2.45, 2.75) is 6.42 Å². The highest BCUT2D eigenvalue weighted by Crippen LogP contribution is 1.91. The molecule has 0 aromatic carbocycles. The molecular weight excluding hydrogens is 212 g/mol. The maximum absolute atomic E-state index is 9.82. The van der Waals surface area contributed by atoms with Crippen molar-refractivity contribution in [2.75, 3.05) is 11.9 Å². The van der Waals surface area contributed by atoms with Crippen molar-refractivity contribution in [3.05, 3.63) is 0 Å². The van der Waals surface area contributed by atoms with Crippen LogP contribution in [0.4, 0.5) is 0 Å². The summed E-state index contributed by atoms with van der Waals surface area (Å²) < 4.78 is 31.6. The lowest BCUT2D eigenvalue weighted by Crippen LogP contribution is -2.04. The second kappa shape index (κ2) is 4.21. The van der Waals surface area contributed by atoms with Gasteiger partial charge < -0.3 is 0 Å². The van der Waals surface area contributed by atoms with Crippen molar-refractivity contribution in [3.8, 4) is 0 Å². The predicted molar refractivity (Wildman–Crippen MR) is 35.9 cm³/mol. The molecule has 0 fully saturated rings. The second-order valence-corrected chi connectivity index (χ2v) is 3.18. The molecule has 9 heavy (non-hydrogen) atoms. The van der Waals surface area contributed by atoms with Crippen molar-refractivity contribution in [1.82, 2.24) is 0 Å². The fraction of sp³-hybridized carbons (Fsp3) is 1.00. The van der Waals surface area contributed by atoms with Crippen LogP contribution >= 0.6 is 15.9 Å². The fourth-order valence-electron chi connectivity index (χ4n) is 0.219. The van der Waals surface area contributed by atoms with Gasteiger partial charge in [0.05, 0.1) is 6.61 Å². The number of hydrogen-bond donors (Lipinski definition) is 1. The molecule has 0 rings (SSSR count). The van der Waals surface area contributed by atoms with Gasteiger partial charge in [-0.2, -0.15) is 8.42 Å². The first-order valence-electron chi connectivity index (χ1n) is 2.24. The van der Waals surface area contributed by atoms with E-state index in [9.17, 15) is 8.42 Å². The predicted octanol–water partition coefficient (Wildman–Crippen LogP) is 0.591. The van der Waals surface area contributed by atoms with Crippen LogP contribution in [0.25, 0.3) is 0 Å². The van der Waals surface area contributed by atoms with Gasteiger partial charge in [0.25, 0.3) is 0 Å². The molecule has 0 aliphatic heterocycles. The molecule has 0 aliphatic carbocycles. The first-order valence-corrected chi connectivity index (χ1v) is 4.73. The lowest BCUT2D eigenvalue weighted by Gasteiger charge is -1.94. The summed E-state index contributed by atoms with van der Waals surface area (Å²) in [6.07, 6.45) is 0.555. The van der Waals surface area contributed by atoms with Gasteiger partial charge in [-0.3, -0.25) is 4.55 Å². The second-order valence-electron chi connectivity index (χ2n) is 1.29. The molecule has 0 saturated heterocycles. The summed E-state index contributed by atoms with van der Waals surface area (Å²) in [5, 5.41) is 0.655. The molecule has 0 bridgehead atoms. The Hall–Kier alpha value is 0.350. The number of alkyl halides is 1. The summed E-state index contributed by atoms with van der Waals surface area (Å²) in [4.78, 5) is 0. The molecule has 0 radical (unpaired) electrons. The third-order valence-electron chi connectivity index (χ3n) is 0.510. The van der Waals surface area contributed by atoms with E-state index >= 15 is 0 Å². The molecule has 4 nitrogen and oxygen atoms in total. The molecule has 0 spiro atoms. The normalized spacial score (nSPS) is 11.8. The Balaban J connectivity index is 3.30. The van der Waals surface area contributed by atoms with Crippen LogP contribution in [0, 0.1) is 0 Å². The van der Waals surface area contributed by atoms with Gasteiger partial charge in [0, 0.05) is 5.33 Å². The van der Waals surface area contributed by atoms with E-state index in [-0.39, 0.29) is 6.61 Å². The zero-order valence-corrected chi connectivity index (χ0v) is 6.98. The Morgan fingerprint density at radius 2 is 2.11 bits per heavy atom. The summed E-state index contributed by atoms with van der Waals surface area (Å²) in [6.45, 7) is 0.0179. The molecule has 0 aromatic heterocycles. The molecule has 0 saturated carbocycles. The van der Waals surface area contributed by atoms with E-state index in [2.05, 4.69) is 20.1 Å². The molecule has 0 unspecified atom stereocenters. The van der Waals surface area contributed by atoms with Crippen molar-refractivity contribution >= 4 is 26.3 Å². The lowest BCUT2D eigenvalue weighted by molar-refractivity contribution is 0.270. The number of halogens is 1. The zero-order valence-electron chi connectivity index (χ0n) is 4.58. The van der Waals surface area contributed by atoms with Crippen molar-refractivity contribution < 1.29 is 17.2 Å². The average Bonchev–Trinajstić information content (AvgIpc) is 1.63. The van der Waals surface area contributed by atoms with Gasteiger partial charge in [0.2, 0.25) is 0 Å². The summed E-state index contributed by atoms with van der Waals surface area (Å²) in [5.41, 5.74) is 0. The molecule has 0 aliphatic rings. The molecular formula is C3H7BrO4S. The van der Waals surface area contributed by atoms with E-state index in [0.717, 1.165) is 0 Å². The maximum Gasteiger partial charge on any atom is 0.397 e. The smallest absolute Gasteiger partial charge is 0.264 e. The van der Waals surface area contributed by atoms with E-state index in [0.29, 0.717) is 11.8 Å². The third-order valence-corrected chi connectivity index (χ3v) is 1.54. The van der Waals surface area contributed by atoms with Crippen molar-refractivity contribution in [3.63, 3.8) is 0 Å². The molecule has 0 heterocycles. The van der Waals surface area contributed by atoms with E-state index < -0.39 is 10.4 Å². The molecule has 0 amide bonds. The van der Waals surface area contributed by atoms with Gasteiger partial charge in [-0.1, -0.05) is 15.9 Å². The van der Waals surface area contributed by atoms with Gasteiger partial charge in [0.15, 0.2) is 0 Å². The fourth-order valence-corrected chi connectivity index (χ4v) is 0.776. The van der Waals surface area contributed by atoms with Crippen LogP contribution in [0.2, 0.25) is 0 Å². The quantitative estimate of drug-likeness (QED) is 0.427. The molecule has 6 heteroatoms. The van der Waals surface area contributed by atoms with Crippen molar-refractivity contribution in [2.24, 2.45) is 0 Å². The summed E-state index contributed by atoms with van der Waals surface area (Å²) in [5.74, 6) is 0. The van der Waals surface area contributed by atoms with Gasteiger partial charge >= 0.3 is 10.4 Å². The van der Waals surface area contributed by atoms with Gasteiger partial charge in [-0.25, -0.2) is 4.18 Å². The average molecular weight is 219 g/mol. The highest BCUT2D eigenvalue weighted by molar-refractivity contribution is 9.09. The van der Waals surface area contributed by atoms with Crippen molar-refractivity contribution in [1.29, 1.82) is 0 Å². The van der Waals surface area contributed by atoms with E-state index in [1.807, 2.05) is 0 Å². The standard InChI is InChI=1S/C3H7BrO4S/c4-2-1-3-8-9(5,6)7/h1-3H2,(H,5,6,7). The molecule has 0 atom stereocenters. The molecule has 1 N–H and O–H groups in total. The Labute approximate surface area is 62.3 Å².